The molecule has 0 heterocycles. The van der Waals surface area contributed by atoms with Gasteiger partial charge in [-0.2, -0.15) is 0 Å². The maximum atomic E-state index is 10.5. The molecule has 1 aromatic carbocycles. The molecule has 1 fully saturated rings. The zero-order chi connectivity index (χ0) is 10.8. The van der Waals surface area contributed by atoms with Crippen LogP contribution < -0.4 is 5.73 Å². The summed E-state index contributed by atoms with van der Waals surface area (Å²) in [6, 6.07) is 7.63. The van der Waals surface area contributed by atoms with Gasteiger partial charge in [0.05, 0.1) is 6.42 Å². The van der Waals surface area contributed by atoms with Crippen LogP contribution in [0.4, 0.5) is 0 Å². The Bertz CT molecular complexity index is 354. The quantitative estimate of drug-likeness (QED) is 0.790. The Hall–Kier alpha value is -1.35. The van der Waals surface area contributed by atoms with E-state index in [1.807, 2.05) is 12.1 Å². The maximum Gasteiger partial charge on any atom is 0.305 e. The lowest BCUT2D eigenvalue weighted by atomic mass is 10.0. The van der Waals surface area contributed by atoms with Gasteiger partial charge in [0.15, 0.2) is 0 Å². The molecule has 1 atom stereocenters. The number of benzene rings is 1. The first kappa shape index (κ1) is 10.2. The summed E-state index contributed by atoms with van der Waals surface area (Å²) in [5, 5.41) is 8.62. The monoisotopic (exact) mass is 205 g/mol. The number of carbonyl (C=O) groups is 1. The summed E-state index contributed by atoms with van der Waals surface area (Å²) in [6.07, 6.45) is 2.55. The Morgan fingerprint density at radius 1 is 1.40 bits per heavy atom. The maximum absolute atomic E-state index is 10.5. The molecular weight excluding hydrogens is 190 g/mol. The molecular formula is C12H15NO2. The predicted octanol–water partition coefficient (Wildman–Crippen LogP) is 2.04. The van der Waals surface area contributed by atoms with Gasteiger partial charge < -0.3 is 10.8 Å². The van der Waals surface area contributed by atoms with E-state index in [1.165, 1.54) is 18.4 Å². The molecule has 1 aliphatic carbocycles. The molecule has 3 N–H and O–H groups in total. The molecule has 3 nitrogen and oxygen atoms in total. The van der Waals surface area contributed by atoms with Gasteiger partial charge in [0, 0.05) is 6.04 Å². The van der Waals surface area contributed by atoms with Crippen LogP contribution in [0.5, 0.6) is 0 Å². The van der Waals surface area contributed by atoms with Gasteiger partial charge in [-0.25, -0.2) is 0 Å². The summed E-state index contributed by atoms with van der Waals surface area (Å²) < 4.78 is 0. The molecule has 0 saturated heterocycles. The van der Waals surface area contributed by atoms with Gasteiger partial charge in [-0.05, 0) is 29.9 Å². The highest BCUT2D eigenvalue weighted by molar-refractivity contribution is 5.67. The summed E-state index contributed by atoms with van der Waals surface area (Å²) in [7, 11) is 0. The smallest absolute Gasteiger partial charge is 0.305 e. The lowest BCUT2D eigenvalue weighted by Gasteiger charge is -2.09. The van der Waals surface area contributed by atoms with E-state index in [9.17, 15) is 4.79 Å². The average molecular weight is 205 g/mol. The van der Waals surface area contributed by atoms with Crippen LogP contribution in [0.25, 0.3) is 0 Å². The third kappa shape index (κ3) is 2.57. The van der Waals surface area contributed by atoms with Crippen LogP contribution >= 0.6 is 0 Å². The summed E-state index contributed by atoms with van der Waals surface area (Å²) in [6.45, 7) is 0. The Labute approximate surface area is 88.9 Å². The Morgan fingerprint density at radius 3 is 2.47 bits per heavy atom. The molecule has 3 heteroatoms. The van der Waals surface area contributed by atoms with Crippen molar-refractivity contribution < 1.29 is 9.90 Å². The minimum Gasteiger partial charge on any atom is -0.481 e. The Balaban J connectivity index is 2.05. The molecule has 1 aromatic rings. The highest BCUT2D eigenvalue weighted by Gasteiger charge is 2.23. The highest BCUT2D eigenvalue weighted by Crippen LogP contribution is 2.40. The van der Waals surface area contributed by atoms with E-state index in [-0.39, 0.29) is 6.42 Å². The molecule has 0 aromatic heterocycles. The Kier molecular flexibility index (Phi) is 2.73. The van der Waals surface area contributed by atoms with Crippen molar-refractivity contribution in [1.29, 1.82) is 0 Å². The van der Waals surface area contributed by atoms with Crippen LogP contribution in [0.1, 0.15) is 42.3 Å². The van der Waals surface area contributed by atoms with Crippen molar-refractivity contribution in [1.82, 2.24) is 0 Å². The van der Waals surface area contributed by atoms with Crippen molar-refractivity contribution >= 4 is 5.97 Å². The number of nitrogens with two attached hydrogens (primary N) is 1. The first-order chi connectivity index (χ1) is 7.16. The van der Waals surface area contributed by atoms with Gasteiger partial charge in [-0.3, -0.25) is 4.79 Å². The van der Waals surface area contributed by atoms with Crippen molar-refractivity contribution in [3.8, 4) is 0 Å². The fourth-order valence-corrected chi connectivity index (χ4v) is 1.74. The normalized spacial score (nSPS) is 17.4. The van der Waals surface area contributed by atoms with Gasteiger partial charge in [0.2, 0.25) is 0 Å². The number of aliphatic carboxylic acids is 1. The lowest BCUT2D eigenvalue weighted by molar-refractivity contribution is -0.137. The van der Waals surface area contributed by atoms with Crippen LogP contribution in [0, 0.1) is 0 Å². The molecule has 2 rings (SSSR count). The second-order valence-electron chi connectivity index (χ2n) is 4.15. The van der Waals surface area contributed by atoms with E-state index in [0.717, 1.165) is 11.5 Å². The van der Waals surface area contributed by atoms with Gasteiger partial charge >= 0.3 is 5.97 Å². The van der Waals surface area contributed by atoms with Crippen molar-refractivity contribution in [2.75, 3.05) is 0 Å². The van der Waals surface area contributed by atoms with Gasteiger partial charge in [-0.15, -0.1) is 0 Å². The number of hydrogen-bond acceptors (Lipinski definition) is 2. The van der Waals surface area contributed by atoms with Gasteiger partial charge in [-0.1, -0.05) is 24.3 Å². The first-order valence-corrected chi connectivity index (χ1v) is 5.24. The van der Waals surface area contributed by atoms with Crippen molar-refractivity contribution in [2.45, 2.75) is 31.2 Å². The molecule has 0 amide bonds. The molecule has 0 bridgehead atoms. The van der Waals surface area contributed by atoms with Crippen LogP contribution in [-0.4, -0.2) is 11.1 Å². The molecule has 15 heavy (non-hydrogen) atoms. The van der Waals surface area contributed by atoms with Gasteiger partial charge in [0.25, 0.3) is 0 Å². The number of carboxylic acid groups (broad SMARTS) is 1. The summed E-state index contributed by atoms with van der Waals surface area (Å²) in [5.74, 6) is -0.122. The highest BCUT2D eigenvalue weighted by atomic mass is 16.4. The minimum atomic E-state index is -0.853. The standard InChI is InChI=1S/C12H15NO2/c13-11(7-12(14)15)10-5-3-9(4-6-10)8-1-2-8/h3-6,8,11H,1-2,7,13H2,(H,14,15)/t11-/m1/s1. The van der Waals surface area contributed by atoms with E-state index < -0.39 is 12.0 Å². The SMILES string of the molecule is N[C@H](CC(=O)O)c1ccc(C2CC2)cc1. The first-order valence-electron chi connectivity index (χ1n) is 5.24. The fourth-order valence-electron chi connectivity index (χ4n) is 1.74. The predicted molar refractivity (Wildman–Crippen MR) is 57.6 cm³/mol. The number of rotatable bonds is 4. The third-order valence-electron chi connectivity index (χ3n) is 2.81. The zero-order valence-electron chi connectivity index (χ0n) is 8.52. The zero-order valence-corrected chi connectivity index (χ0v) is 8.52. The molecule has 0 spiro atoms. The topological polar surface area (TPSA) is 63.3 Å². The average Bonchev–Trinajstić information content (AvgIpc) is 3.00. The van der Waals surface area contributed by atoms with Crippen LogP contribution in [0.3, 0.4) is 0 Å². The molecule has 80 valence electrons. The second-order valence-corrected chi connectivity index (χ2v) is 4.15. The number of hydrogen-bond donors (Lipinski definition) is 2. The number of carboxylic acids is 1. The molecule has 1 aliphatic rings. The minimum absolute atomic E-state index is 0.0111. The van der Waals surface area contributed by atoms with Crippen LogP contribution in [0.15, 0.2) is 24.3 Å². The van der Waals surface area contributed by atoms with E-state index in [4.69, 9.17) is 10.8 Å². The lowest BCUT2D eigenvalue weighted by Crippen LogP contribution is -2.14. The molecule has 0 unspecified atom stereocenters. The van der Waals surface area contributed by atoms with Crippen LogP contribution in [0.2, 0.25) is 0 Å². The fraction of sp³-hybridized carbons (Fsp3) is 0.417. The van der Waals surface area contributed by atoms with E-state index in [2.05, 4.69) is 12.1 Å². The second kappa shape index (κ2) is 4.03. The van der Waals surface area contributed by atoms with E-state index in [1.54, 1.807) is 0 Å². The summed E-state index contributed by atoms with van der Waals surface area (Å²) in [4.78, 5) is 10.5. The largest absolute Gasteiger partial charge is 0.481 e. The summed E-state index contributed by atoms with van der Waals surface area (Å²) in [5.41, 5.74) is 8.01. The third-order valence-corrected chi connectivity index (χ3v) is 2.81. The van der Waals surface area contributed by atoms with Crippen LogP contribution in [-0.2, 0) is 4.79 Å². The van der Waals surface area contributed by atoms with Crippen molar-refractivity contribution in [3.05, 3.63) is 35.4 Å². The molecule has 1 saturated carbocycles. The Morgan fingerprint density at radius 2 is 2.00 bits per heavy atom. The summed E-state index contributed by atoms with van der Waals surface area (Å²) >= 11 is 0. The molecule has 0 radical (unpaired) electrons. The van der Waals surface area contributed by atoms with Gasteiger partial charge in [0.1, 0.15) is 0 Å². The van der Waals surface area contributed by atoms with Crippen molar-refractivity contribution in [2.24, 2.45) is 5.73 Å². The van der Waals surface area contributed by atoms with Crippen molar-refractivity contribution in [3.63, 3.8) is 0 Å². The molecule has 0 aliphatic heterocycles. The van der Waals surface area contributed by atoms with E-state index in [0.29, 0.717) is 0 Å². The van der Waals surface area contributed by atoms with E-state index >= 15 is 0 Å².